The van der Waals surface area contributed by atoms with Crippen LogP contribution >= 0.6 is 22.7 Å². The number of benzene rings is 1. The molecule has 0 radical (unpaired) electrons. The van der Waals surface area contributed by atoms with Gasteiger partial charge >= 0.3 is 0 Å². The van der Waals surface area contributed by atoms with Gasteiger partial charge in [0, 0.05) is 41.9 Å². The number of imidazole rings is 1. The molecule has 2 fully saturated rings. The molecule has 1 amide bonds. The van der Waals surface area contributed by atoms with Crippen LogP contribution in [0.4, 0.5) is 15.3 Å². The highest BCUT2D eigenvalue weighted by atomic mass is 32.1. The van der Waals surface area contributed by atoms with E-state index in [4.69, 9.17) is 14.7 Å². The zero-order valence-corrected chi connectivity index (χ0v) is 27.0. The Morgan fingerprint density at radius 3 is 2.55 bits per heavy atom. The minimum absolute atomic E-state index is 0.0535. The Morgan fingerprint density at radius 1 is 1.16 bits per heavy atom. The Balaban J connectivity index is 1.21. The van der Waals surface area contributed by atoms with Gasteiger partial charge in [0.25, 0.3) is 0 Å². The SMILES string of the molecule is CCc1nc2sc(C3CCN(CC(=O)NC4CCOCC4)CC3)cn2c1N(c1nc(-c2ccc(F)cc2)c(C#N)s1)C(C)C. The number of thiazole rings is 2. The van der Waals surface area contributed by atoms with E-state index >= 15 is 0 Å². The first-order valence-electron chi connectivity index (χ1n) is 15.4. The minimum atomic E-state index is -0.323. The van der Waals surface area contributed by atoms with E-state index in [9.17, 15) is 14.4 Å². The van der Waals surface area contributed by atoms with Crippen LogP contribution in [-0.4, -0.2) is 70.1 Å². The number of nitrogens with one attached hydrogen (secondary N) is 1. The molecule has 0 aliphatic carbocycles. The summed E-state index contributed by atoms with van der Waals surface area (Å²) in [4.78, 5) is 29.8. The number of anilines is 2. The summed E-state index contributed by atoms with van der Waals surface area (Å²) < 4.78 is 21.2. The molecule has 5 heterocycles. The molecule has 2 saturated heterocycles. The van der Waals surface area contributed by atoms with Crippen molar-refractivity contribution in [3.05, 3.63) is 51.7 Å². The van der Waals surface area contributed by atoms with Crippen molar-refractivity contribution in [2.75, 3.05) is 37.7 Å². The molecule has 2 aliphatic rings. The molecule has 1 N–H and O–H groups in total. The number of carbonyl (C=O) groups is 1. The number of amides is 1. The molecule has 9 nitrogen and oxygen atoms in total. The average Bonchev–Trinajstić information content (AvgIpc) is 3.72. The predicted molar refractivity (Wildman–Crippen MR) is 172 cm³/mol. The van der Waals surface area contributed by atoms with Gasteiger partial charge < -0.3 is 10.1 Å². The largest absolute Gasteiger partial charge is 0.381 e. The van der Waals surface area contributed by atoms with Crippen molar-refractivity contribution < 1.29 is 13.9 Å². The lowest BCUT2D eigenvalue weighted by atomic mass is 9.96. The number of carbonyl (C=O) groups excluding carboxylic acids is 1. The van der Waals surface area contributed by atoms with Crippen LogP contribution in [0.2, 0.25) is 0 Å². The van der Waals surface area contributed by atoms with Gasteiger partial charge in [-0.2, -0.15) is 5.26 Å². The lowest BCUT2D eigenvalue weighted by Gasteiger charge is -2.31. The summed E-state index contributed by atoms with van der Waals surface area (Å²) in [6, 6.07) is 8.70. The zero-order valence-electron chi connectivity index (χ0n) is 25.4. The van der Waals surface area contributed by atoms with Gasteiger partial charge in [-0.25, -0.2) is 14.4 Å². The van der Waals surface area contributed by atoms with Crippen molar-refractivity contribution in [1.29, 1.82) is 5.26 Å². The van der Waals surface area contributed by atoms with Gasteiger partial charge in [0.2, 0.25) is 5.91 Å². The van der Waals surface area contributed by atoms with Crippen LogP contribution in [0.1, 0.15) is 67.8 Å². The summed E-state index contributed by atoms with van der Waals surface area (Å²) in [5, 5.41) is 13.8. The smallest absolute Gasteiger partial charge is 0.234 e. The third kappa shape index (κ3) is 6.38. The van der Waals surface area contributed by atoms with E-state index < -0.39 is 0 Å². The average molecular weight is 636 g/mol. The van der Waals surface area contributed by atoms with Crippen molar-refractivity contribution in [1.82, 2.24) is 24.6 Å². The fourth-order valence-electron chi connectivity index (χ4n) is 6.12. The molecule has 12 heteroatoms. The second-order valence-electron chi connectivity index (χ2n) is 11.8. The highest BCUT2D eigenvalue weighted by molar-refractivity contribution is 7.17. The number of fused-ring (bicyclic) bond motifs is 1. The molecule has 0 atom stereocenters. The molecule has 232 valence electrons. The van der Waals surface area contributed by atoms with Crippen molar-refractivity contribution in [2.24, 2.45) is 0 Å². The highest BCUT2D eigenvalue weighted by Crippen LogP contribution is 2.41. The Bertz CT molecular complexity index is 1640. The van der Waals surface area contributed by atoms with E-state index in [1.165, 1.54) is 28.3 Å². The van der Waals surface area contributed by atoms with Gasteiger partial charge in [0.05, 0.1) is 12.2 Å². The number of aryl methyl sites for hydroxylation is 1. The van der Waals surface area contributed by atoms with Gasteiger partial charge in [-0.1, -0.05) is 18.3 Å². The number of piperidine rings is 1. The van der Waals surface area contributed by atoms with E-state index in [0.29, 0.717) is 33.7 Å². The number of aromatic nitrogens is 3. The fourth-order valence-corrected chi connectivity index (χ4v) is 8.30. The van der Waals surface area contributed by atoms with Crippen LogP contribution in [0.15, 0.2) is 30.5 Å². The van der Waals surface area contributed by atoms with E-state index in [1.54, 1.807) is 23.5 Å². The molecule has 3 aromatic heterocycles. The standard InChI is InChI=1S/C32H38FN7O2S2/c1-4-25-30(40(20(2)3)32-37-29(26(17-34)43-32)22-5-7-23(33)8-6-22)39-18-27(44-31(39)36-25)21-9-13-38(14-10-21)19-28(41)35-24-11-15-42-16-12-24/h5-8,18,20-21,24H,4,9-16,19H2,1-3H3,(H,35,41). The van der Waals surface area contributed by atoms with Crippen LogP contribution in [0.5, 0.6) is 0 Å². The summed E-state index contributed by atoms with van der Waals surface area (Å²) >= 11 is 3.09. The van der Waals surface area contributed by atoms with Gasteiger partial charge in [-0.3, -0.25) is 19.0 Å². The summed E-state index contributed by atoms with van der Waals surface area (Å²) in [6.07, 6.45) is 6.77. The van der Waals surface area contributed by atoms with Gasteiger partial charge in [-0.15, -0.1) is 11.3 Å². The highest BCUT2D eigenvalue weighted by Gasteiger charge is 2.30. The molecule has 0 bridgehead atoms. The molecular weight excluding hydrogens is 598 g/mol. The summed E-state index contributed by atoms with van der Waals surface area (Å²) in [5.74, 6) is 1.18. The number of hydrogen-bond donors (Lipinski definition) is 1. The zero-order chi connectivity index (χ0) is 30.8. The molecule has 44 heavy (non-hydrogen) atoms. The number of halogens is 1. The van der Waals surface area contributed by atoms with Crippen LogP contribution in [0, 0.1) is 17.1 Å². The summed E-state index contributed by atoms with van der Waals surface area (Å²) in [5.41, 5.74) is 2.27. The molecule has 0 spiro atoms. The lowest BCUT2D eigenvalue weighted by molar-refractivity contribution is -0.123. The lowest BCUT2D eigenvalue weighted by Crippen LogP contribution is -2.45. The fraction of sp³-hybridized carbons (Fsp3) is 0.500. The maximum Gasteiger partial charge on any atom is 0.234 e. The predicted octanol–water partition coefficient (Wildman–Crippen LogP) is 6.11. The molecule has 2 aliphatic heterocycles. The first kappa shape index (κ1) is 30.6. The number of likely N-dealkylation sites (tertiary alicyclic amines) is 1. The van der Waals surface area contributed by atoms with Crippen molar-refractivity contribution in [3.63, 3.8) is 0 Å². The number of rotatable bonds is 9. The molecular formula is C32H38FN7O2S2. The van der Waals surface area contributed by atoms with E-state index in [-0.39, 0.29) is 23.8 Å². The quantitative estimate of drug-likeness (QED) is 0.237. The van der Waals surface area contributed by atoms with E-state index in [0.717, 1.165) is 74.9 Å². The third-order valence-electron chi connectivity index (χ3n) is 8.45. The number of hydrogen-bond acceptors (Lipinski definition) is 9. The third-order valence-corrected chi connectivity index (χ3v) is 10.6. The maximum absolute atomic E-state index is 13.6. The van der Waals surface area contributed by atoms with Crippen LogP contribution < -0.4 is 10.2 Å². The maximum atomic E-state index is 13.6. The monoisotopic (exact) mass is 635 g/mol. The second kappa shape index (κ2) is 13.3. The summed E-state index contributed by atoms with van der Waals surface area (Å²) in [7, 11) is 0. The first-order chi connectivity index (χ1) is 21.3. The molecule has 4 aromatic rings. The first-order valence-corrected chi connectivity index (χ1v) is 17.0. The number of nitriles is 1. The molecule has 0 unspecified atom stereocenters. The van der Waals surface area contributed by atoms with Gasteiger partial charge in [0.15, 0.2) is 10.1 Å². The minimum Gasteiger partial charge on any atom is -0.381 e. The van der Waals surface area contributed by atoms with Crippen molar-refractivity contribution in [2.45, 2.75) is 70.9 Å². The van der Waals surface area contributed by atoms with Crippen LogP contribution in [0.3, 0.4) is 0 Å². The van der Waals surface area contributed by atoms with Gasteiger partial charge in [-0.05, 0) is 89.2 Å². The molecule has 0 saturated carbocycles. The van der Waals surface area contributed by atoms with Crippen LogP contribution in [-0.2, 0) is 16.0 Å². The Kier molecular flexibility index (Phi) is 9.28. The van der Waals surface area contributed by atoms with Crippen molar-refractivity contribution in [3.8, 4) is 17.3 Å². The van der Waals surface area contributed by atoms with Gasteiger partial charge in [0.1, 0.15) is 28.3 Å². The van der Waals surface area contributed by atoms with E-state index in [1.807, 2.05) is 0 Å². The van der Waals surface area contributed by atoms with E-state index in [2.05, 4.69) is 52.6 Å². The second-order valence-corrected chi connectivity index (χ2v) is 13.8. The Labute approximate surface area is 265 Å². The topological polar surface area (TPSA) is 98.8 Å². The number of ether oxygens (including phenoxy) is 1. The molecule has 1 aromatic carbocycles. The van der Waals surface area contributed by atoms with Crippen molar-refractivity contribution >= 4 is 44.5 Å². The normalized spacial score (nSPS) is 16.9. The van der Waals surface area contributed by atoms with Crippen LogP contribution in [0.25, 0.3) is 16.2 Å². The Morgan fingerprint density at radius 2 is 1.89 bits per heavy atom. The number of nitrogens with zero attached hydrogens (tertiary/aromatic N) is 6. The summed E-state index contributed by atoms with van der Waals surface area (Å²) in [6.45, 7) is 10.0. The molecule has 6 rings (SSSR count). The Hall–Kier alpha value is -3.37.